The number of hydrogen-bond acceptors (Lipinski definition) is 5. The van der Waals surface area contributed by atoms with E-state index < -0.39 is 23.9 Å². The lowest BCUT2D eigenvalue weighted by Crippen LogP contribution is -2.64. The van der Waals surface area contributed by atoms with Crippen LogP contribution in [0.2, 0.25) is 0 Å². The molecule has 5 atom stereocenters. The average Bonchev–Trinajstić information content (AvgIpc) is 2.77. The molecule has 1 N–H and O–H groups in total. The zero-order chi connectivity index (χ0) is 21.4. The summed E-state index contributed by atoms with van der Waals surface area (Å²) in [6.45, 7) is 6.62. The van der Waals surface area contributed by atoms with Gasteiger partial charge in [-0.05, 0) is 18.1 Å². The lowest BCUT2D eigenvalue weighted by molar-refractivity contribution is -0.256. The number of aliphatic hydroxyl groups is 1. The van der Waals surface area contributed by atoms with Crippen molar-refractivity contribution in [3.63, 3.8) is 0 Å². The molecule has 0 aromatic heterocycles. The minimum Gasteiger partial charge on any atom is -0.387 e. The van der Waals surface area contributed by atoms with Gasteiger partial charge >= 0.3 is 0 Å². The van der Waals surface area contributed by atoms with E-state index >= 15 is 0 Å². The van der Waals surface area contributed by atoms with Crippen molar-refractivity contribution in [3.05, 3.63) is 84.4 Å². The molecular formula is C25H32O5. The highest BCUT2D eigenvalue weighted by Crippen LogP contribution is 2.36. The van der Waals surface area contributed by atoms with Gasteiger partial charge in [-0.15, -0.1) is 6.58 Å². The first-order valence-corrected chi connectivity index (χ1v) is 10.3. The van der Waals surface area contributed by atoms with Crippen molar-refractivity contribution < 1.29 is 24.1 Å². The van der Waals surface area contributed by atoms with Crippen LogP contribution in [0.4, 0.5) is 0 Å². The second kappa shape index (κ2) is 10.8. The van der Waals surface area contributed by atoms with Crippen molar-refractivity contribution >= 4 is 0 Å². The number of ether oxygens (including phenoxy) is 4. The molecule has 2 aromatic rings. The molecule has 1 aliphatic carbocycles. The fourth-order valence-electron chi connectivity index (χ4n) is 3.96. The van der Waals surface area contributed by atoms with Crippen molar-refractivity contribution in [2.75, 3.05) is 13.7 Å². The Labute approximate surface area is 179 Å². The molecule has 1 saturated carbocycles. The Balaban J connectivity index is 1.83. The van der Waals surface area contributed by atoms with E-state index in [0.29, 0.717) is 26.2 Å². The topological polar surface area (TPSA) is 57.2 Å². The third-order valence-corrected chi connectivity index (χ3v) is 5.48. The van der Waals surface area contributed by atoms with E-state index in [9.17, 15) is 5.11 Å². The molecule has 0 radical (unpaired) electrons. The molecule has 5 nitrogen and oxygen atoms in total. The van der Waals surface area contributed by atoms with Crippen molar-refractivity contribution in [1.82, 2.24) is 0 Å². The van der Waals surface area contributed by atoms with Crippen LogP contribution >= 0.6 is 0 Å². The highest BCUT2D eigenvalue weighted by atomic mass is 16.6. The maximum absolute atomic E-state index is 11.2. The van der Waals surface area contributed by atoms with Crippen LogP contribution in [0.3, 0.4) is 0 Å². The average molecular weight is 413 g/mol. The predicted molar refractivity (Wildman–Crippen MR) is 116 cm³/mol. The molecule has 0 unspecified atom stereocenters. The Hall–Kier alpha value is -2.02. The molecule has 0 heterocycles. The molecule has 2 aromatic carbocycles. The molecule has 0 spiro atoms. The molecule has 5 heteroatoms. The standard InChI is InChI=1S/C25H32O5/c1-4-15-28-24-23(30-18-20-13-9-6-10-14-20)22(21(27-3)16-25(24,2)26)29-17-19-11-7-5-8-12-19/h4-14,21-24,26H,1,15-18H2,2-3H3/t21-,22-,23+,24-,25+/m0/s1. The normalized spacial score (nSPS) is 28.9. The van der Waals surface area contributed by atoms with Gasteiger partial charge in [-0.2, -0.15) is 0 Å². The highest BCUT2D eigenvalue weighted by molar-refractivity contribution is 5.15. The van der Waals surface area contributed by atoms with Gasteiger partial charge in [-0.1, -0.05) is 66.7 Å². The Morgan fingerprint density at radius 1 is 0.933 bits per heavy atom. The molecule has 1 fully saturated rings. The summed E-state index contributed by atoms with van der Waals surface area (Å²) < 4.78 is 24.4. The van der Waals surface area contributed by atoms with E-state index in [2.05, 4.69) is 6.58 Å². The maximum Gasteiger partial charge on any atom is 0.116 e. The fraction of sp³-hybridized carbons (Fsp3) is 0.440. The zero-order valence-corrected chi connectivity index (χ0v) is 17.8. The summed E-state index contributed by atoms with van der Waals surface area (Å²) in [6.07, 6.45) is 0.249. The minimum atomic E-state index is -1.13. The number of methoxy groups -OCH3 is 1. The summed E-state index contributed by atoms with van der Waals surface area (Å²) in [7, 11) is 1.64. The smallest absolute Gasteiger partial charge is 0.116 e. The quantitative estimate of drug-likeness (QED) is 0.600. The van der Waals surface area contributed by atoms with Crippen molar-refractivity contribution in [2.24, 2.45) is 0 Å². The van der Waals surface area contributed by atoms with Gasteiger partial charge in [0.25, 0.3) is 0 Å². The third kappa shape index (κ3) is 5.78. The van der Waals surface area contributed by atoms with E-state index in [4.69, 9.17) is 18.9 Å². The summed E-state index contributed by atoms with van der Waals surface area (Å²) >= 11 is 0. The summed E-state index contributed by atoms with van der Waals surface area (Å²) in [5.41, 5.74) is 0.980. The zero-order valence-electron chi connectivity index (χ0n) is 17.8. The van der Waals surface area contributed by atoms with E-state index in [1.54, 1.807) is 20.1 Å². The molecule has 0 aliphatic heterocycles. The van der Waals surface area contributed by atoms with E-state index in [0.717, 1.165) is 11.1 Å². The van der Waals surface area contributed by atoms with Crippen molar-refractivity contribution in [1.29, 1.82) is 0 Å². The lowest BCUT2D eigenvalue weighted by Gasteiger charge is -2.48. The summed E-state index contributed by atoms with van der Waals surface area (Å²) in [4.78, 5) is 0. The van der Waals surface area contributed by atoms with Crippen molar-refractivity contribution in [2.45, 2.75) is 56.6 Å². The molecular weight excluding hydrogens is 380 g/mol. The first kappa shape index (κ1) is 22.7. The van der Waals surface area contributed by atoms with Gasteiger partial charge in [-0.25, -0.2) is 0 Å². The minimum absolute atomic E-state index is 0.315. The van der Waals surface area contributed by atoms with E-state index in [1.165, 1.54) is 0 Å². The molecule has 30 heavy (non-hydrogen) atoms. The first-order chi connectivity index (χ1) is 14.5. The van der Waals surface area contributed by atoms with Gasteiger partial charge in [0.05, 0.1) is 31.5 Å². The molecule has 3 rings (SSSR count). The molecule has 1 aliphatic rings. The SMILES string of the molecule is C=CCO[C@H]1[C@H](OCc2ccccc2)[C@@H](OCc2ccccc2)[C@@H](OC)C[C@@]1(C)O. The number of benzene rings is 2. The second-order valence-electron chi connectivity index (χ2n) is 7.90. The van der Waals surface area contributed by atoms with E-state index in [-0.39, 0.29) is 6.10 Å². The Morgan fingerprint density at radius 2 is 1.47 bits per heavy atom. The van der Waals surface area contributed by atoms with Crippen LogP contribution in [0.15, 0.2) is 73.3 Å². The van der Waals surface area contributed by atoms with E-state index in [1.807, 2.05) is 60.7 Å². The van der Waals surface area contributed by atoms with Gasteiger partial charge in [-0.3, -0.25) is 0 Å². The van der Waals surface area contributed by atoms with Crippen LogP contribution in [0.1, 0.15) is 24.5 Å². The van der Waals surface area contributed by atoms with Crippen molar-refractivity contribution in [3.8, 4) is 0 Å². The van der Waals surface area contributed by atoms with Gasteiger partial charge < -0.3 is 24.1 Å². The summed E-state index contributed by atoms with van der Waals surface area (Å²) in [5, 5.41) is 11.2. The van der Waals surface area contributed by atoms with Crippen LogP contribution < -0.4 is 0 Å². The van der Waals surface area contributed by atoms with Gasteiger partial charge in [0, 0.05) is 13.5 Å². The molecule has 0 bridgehead atoms. The monoisotopic (exact) mass is 412 g/mol. The van der Waals surface area contributed by atoms with Gasteiger partial charge in [0.15, 0.2) is 0 Å². The number of hydrogen-bond donors (Lipinski definition) is 1. The van der Waals surface area contributed by atoms with Crippen LogP contribution in [-0.2, 0) is 32.2 Å². The summed E-state index contributed by atoms with van der Waals surface area (Å²) in [5.74, 6) is 0. The largest absolute Gasteiger partial charge is 0.387 e. The fourth-order valence-corrected chi connectivity index (χ4v) is 3.96. The van der Waals surface area contributed by atoms with Crippen LogP contribution in [0.25, 0.3) is 0 Å². The van der Waals surface area contributed by atoms with Gasteiger partial charge in [0.2, 0.25) is 0 Å². The lowest BCUT2D eigenvalue weighted by atomic mass is 9.77. The molecule has 0 saturated heterocycles. The molecule has 162 valence electrons. The highest BCUT2D eigenvalue weighted by Gasteiger charge is 2.52. The third-order valence-electron chi connectivity index (χ3n) is 5.48. The Kier molecular flexibility index (Phi) is 8.19. The summed E-state index contributed by atoms with van der Waals surface area (Å²) in [6, 6.07) is 19.9. The Bertz CT molecular complexity index is 762. The first-order valence-electron chi connectivity index (χ1n) is 10.3. The molecule has 0 amide bonds. The Morgan fingerprint density at radius 3 is 1.97 bits per heavy atom. The number of rotatable bonds is 10. The van der Waals surface area contributed by atoms with Gasteiger partial charge in [0.1, 0.15) is 18.3 Å². The van der Waals surface area contributed by atoms with Crippen LogP contribution in [0.5, 0.6) is 0 Å². The van der Waals surface area contributed by atoms with Crippen LogP contribution in [0, 0.1) is 0 Å². The second-order valence-corrected chi connectivity index (χ2v) is 7.90. The predicted octanol–water partition coefficient (Wildman–Crippen LogP) is 3.90. The van der Waals surface area contributed by atoms with Crippen LogP contribution in [-0.4, -0.2) is 48.8 Å². The maximum atomic E-state index is 11.2.